The SMILES string of the molecule is CCC1CCC(CCC(N)C2CC2)CC1. The molecule has 2 rings (SSSR count). The fourth-order valence-corrected chi connectivity index (χ4v) is 3.12. The normalized spacial score (nSPS) is 34.0. The molecule has 0 aromatic rings. The van der Waals surface area contributed by atoms with Crippen LogP contribution in [0.1, 0.15) is 64.7 Å². The molecule has 0 saturated heterocycles. The monoisotopic (exact) mass is 209 g/mol. The molecule has 0 amide bonds. The van der Waals surface area contributed by atoms with Crippen LogP contribution in [0.5, 0.6) is 0 Å². The van der Waals surface area contributed by atoms with Crippen molar-refractivity contribution >= 4 is 0 Å². The van der Waals surface area contributed by atoms with E-state index in [0.29, 0.717) is 6.04 Å². The van der Waals surface area contributed by atoms with Crippen LogP contribution in [0, 0.1) is 17.8 Å². The predicted octanol–water partition coefficient (Wildman–Crippen LogP) is 3.72. The van der Waals surface area contributed by atoms with E-state index in [1.165, 1.54) is 57.8 Å². The van der Waals surface area contributed by atoms with E-state index in [9.17, 15) is 0 Å². The fraction of sp³-hybridized carbons (Fsp3) is 1.00. The van der Waals surface area contributed by atoms with Crippen LogP contribution in [-0.2, 0) is 0 Å². The summed E-state index contributed by atoms with van der Waals surface area (Å²) in [4.78, 5) is 0. The van der Waals surface area contributed by atoms with Gasteiger partial charge in [-0.2, -0.15) is 0 Å². The first-order valence-electron chi connectivity index (χ1n) is 7.05. The van der Waals surface area contributed by atoms with Crippen LogP contribution in [-0.4, -0.2) is 6.04 Å². The maximum atomic E-state index is 6.15. The average Bonchev–Trinajstić information content (AvgIpc) is 3.10. The molecule has 1 unspecified atom stereocenters. The van der Waals surface area contributed by atoms with Gasteiger partial charge < -0.3 is 5.73 Å². The summed E-state index contributed by atoms with van der Waals surface area (Å²) in [7, 11) is 0. The summed E-state index contributed by atoms with van der Waals surface area (Å²) in [5, 5.41) is 0. The second kappa shape index (κ2) is 5.34. The van der Waals surface area contributed by atoms with Crippen molar-refractivity contribution in [2.75, 3.05) is 0 Å². The second-order valence-corrected chi connectivity index (χ2v) is 5.87. The van der Waals surface area contributed by atoms with Gasteiger partial charge in [0, 0.05) is 6.04 Å². The van der Waals surface area contributed by atoms with Crippen LogP contribution in [0.2, 0.25) is 0 Å². The molecule has 2 aliphatic rings. The minimum absolute atomic E-state index is 0.536. The molecule has 1 nitrogen and oxygen atoms in total. The molecule has 0 heterocycles. The number of hydrogen-bond acceptors (Lipinski definition) is 1. The quantitative estimate of drug-likeness (QED) is 0.733. The minimum Gasteiger partial charge on any atom is -0.327 e. The van der Waals surface area contributed by atoms with Gasteiger partial charge in [-0.3, -0.25) is 0 Å². The van der Waals surface area contributed by atoms with Gasteiger partial charge in [0.25, 0.3) is 0 Å². The third kappa shape index (κ3) is 3.48. The molecule has 2 fully saturated rings. The van der Waals surface area contributed by atoms with E-state index < -0.39 is 0 Å². The summed E-state index contributed by atoms with van der Waals surface area (Å²) in [5.74, 6) is 2.95. The molecule has 2 aliphatic carbocycles. The first-order valence-corrected chi connectivity index (χ1v) is 7.05. The van der Waals surface area contributed by atoms with Gasteiger partial charge in [0.1, 0.15) is 0 Å². The Morgan fingerprint density at radius 3 is 2.13 bits per heavy atom. The van der Waals surface area contributed by atoms with Crippen LogP contribution in [0.15, 0.2) is 0 Å². The van der Waals surface area contributed by atoms with Gasteiger partial charge in [-0.25, -0.2) is 0 Å². The lowest BCUT2D eigenvalue weighted by atomic mass is 9.78. The highest BCUT2D eigenvalue weighted by atomic mass is 14.7. The number of hydrogen-bond donors (Lipinski definition) is 1. The molecule has 2 saturated carbocycles. The van der Waals surface area contributed by atoms with E-state index in [4.69, 9.17) is 5.73 Å². The Balaban J connectivity index is 1.59. The molecule has 0 aliphatic heterocycles. The van der Waals surface area contributed by atoms with Gasteiger partial charge >= 0.3 is 0 Å². The molecule has 88 valence electrons. The van der Waals surface area contributed by atoms with Gasteiger partial charge in [0.2, 0.25) is 0 Å². The highest BCUT2D eigenvalue weighted by molar-refractivity contribution is 4.84. The fourth-order valence-electron chi connectivity index (χ4n) is 3.12. The van der Waals surface area contributed by atoms with Crippen LogP contribution in [0.3, 0.4) is 0 Å². The first-order chi connectivity index (χ1) is 7.29. The van der Waals surface area contributed by atoms with Gasteiger partial charge in [-0.1, -0.05) is 39.0 Å². The minimum atomic E-state index is 0.536. The van der Waals surface area contributed by atoms with Gasteiger partial charge in [-0.15, -0.1) is 0 Å². The Hall–Kier alpha value is -0.0400. The van der Waals surface area contributed by atoms with Crippen molar-refractivity contribution in [1.29, 1.82) is 0 Å². The van der Waals surface area contributed by atoms with Gasteiger partial charge in [-0.05, 0) is 43.4 Å². The molecule has 1 heteroatoms. The lowest BCUT2D eigenvalue weighted by Crippen LogP contribution is -2.24. The molecular weight excluding hydrogens is 182 g/mol. The zero-order valence-electron chi connectivity index (χ0n) is 10.3. The molecule has 0 radical (unpaired) electrons. The third-order valence-electron chi connectivity index (χ3n) is 4.68. The maximum absolute atomic E-state index is 6.15. The highest BCUT2D eigenvalue weighted by Gasteiger charge is 2.29. The van der Waals surface area contributed by atoms with Crippen molar-refractivity contribution in [3.05, 3.63) is 0 Å². The van der Waals surface area contributed by atoms with Crippen LogP contribution >= 0.6 is 0 Å². The maximum Gasteiger partial charge on any atom is 0.00672 e. The topological polar surface area (TPSA) is 26.0 Å². The van der Waals surface area contributed by atoms with E-state index in [1.807, 2.05) is 0 Å². The zero-order chi connectivity index (χ0) is 10.7. The molecule has 0 spiro atoms. The van der Waals surface area contributed by atoms with Crippen molar-refractivity contribution in [3.8, 4) is 0 Å². The summed E-state index contributed by atoms with van der Waals surface area (Å²) < 4.78 is 0. The Kier molecular flexibility index (Phi) is 4.07. The zero-order valence-corrected chi connectivity index (χ0v) is 10.3. The molecule has 2 N–H and O–H groups in total. The molecule has 1 atom stereocenters. The van der Waals surface area contributed by atoms with Crippen LogP contribution in [0.25, 0.3) is 0 Å². The van der Waals surface area contributed by atoms with Gasteiger partial charge in [0.05, 0.1) is 0 Å². The van der Waals surface area contributed by atoms with Crippen LogP contribution in [0.4, 0.5) is 0 Å². The summed E-state index contributed by atoms with van der Waals surface area (Å²) in [5.41, 5.74) is 6.15. The molecule has 0 aromatic carbocycles. The lowest BCUT2D eigenvalue weighted by molar-refractivity contribution is 0.249. The van der Waals surface area contributed by atoms with E-state index in [-0.39, 0.29) is 0 Å². The van der Waals surface area contributed by atoms with E-state index in [2.05, 4.69) is 6.92 Å². The Morgan fingerprint density at radius 1 is 1.00 bits per heavy atom. The summed E-state index contributed by atoms with van der Waals surface area (Å²) >= 11 is 0. The third-order valence-corrected chi connectivity index (χ3v) is 4.68. The van der Waals surface area contributed by atoms with Crippen molar-refractivity contribution in [1.82, 2.24) is 0 Å². The Morgan fingerprint density at radius 2 is 1.60 bits per heavy atom. The number of nitrogens with two attached hydrogens (primary N) is 1. The number of rotatable bonds is 5. The first kappa shape index (κ1) is 11.4. The molecule has 0 bridgehead atoms. The average molecular weight is 209 g/mol. The summed E-state index contributed by atoms with van der Waals surface area (Å²) in [6.45, 7) is 2.34. The Bertz CT molecular complexity index is 178. The summed E-state index contributed by atoms with van der Waals surface area (Å²) in [6, 6.07) is 0.536. The largest absolute Gasteiger partial charge is 0.327 e. The van der Waals surface area contributed by atoms with E-state index in [0.717, 1.165) is 17.8 Å². The summed E-state index contributed by atoms with van der Waals surface area (Å²) in [6.07, 6.45) is 12.9. The highest BCUT2D eigenvalue weighted by Crippen LogP contribution is 2.36. The second-order valence-electron chi connectivity index (χ2n) is 5.87. The standard InChI is InChI=1S/C14H27N/c1-2-11-3-5-12(6-4-11)7-10-14(15)13-8-9-13/h11-14H,2-10,15H2,1H3. The van der Waals surface area contributed by atoms with Gasteiger partial charge in [0.15, 0.2) is 0 Å². The molecular formula is C14H27N. The van der Waals surface area contributed by atoms with Crippen LogP contribution < -0.4 is 5.73 Å². The smallest absolute Gasteiger partial charge is 0.00672 e. The van der Waals surface area contributed by atoms with Crippen molar-refractivity contribution in [2.45, 2.75) is 70.8 Å². The molecule has 15 heavy (non-hydrogen) atoms. The van der Waals surface area contributed by atoms with Crippen molar-refractivity contribution < 1.29 is 0 Å². The van der Waals surface area contributed by atoms with Crippen molar-refractivity contribution in [2.24, 2.45) is 23.5 Å². The predicted molar refractivity (Wildman–Crippen MR) is 65.7 cm³/mol. The van der Waals surface area contributed by atoms with E-state index in [1.54, 1.807) is 0 Å². The molecule has 0 aromatic heterocycles. The van der Waals surface area contributed by atoms with E-state index >= 15 is 0 Å². The Labute approximate surface area is 94.8 Å². The lowest BCUT2D eigenvalue weighted by Gasteiger charge is -2.28. The van der Waals surface area contributed by atoms with Crippen molar-refractivity contribution in [3.63, 3.8) is 0 Å².